The number of halogens is 2. The number of carbonyl (C=O) groups excluding carboxylic acids is 1. The first-order valence-electron chi connectivity index (χ1n) is 4.38. The van der Waals surface area contributed by atoms with E-state index in [-0.39, 0.29) is 17.6 Å². The van der Waals surface area contributed by atoms with Crippen molar-refractivity contribution in [2.24, 2.45) is 0 Å². The molecule has 1 aliphatic heterocycles. The molecule has 1 unspecified atom stereocenters. The fourth-order valence-electron chi connectivity index (χ4n) is 1.66. The minimum absolute atomic E-state index is 0.0235. The Bertz CT molecular complexity index is 380. The van der Waals surface area contributed by atoms with Crippen LogP contribution in [-0.4, -0.2) is 12.5 Å². The van der Waals surface area contributed by atoms with Crippen molar-refractivity contribution in [1.82, 2.24) is 5.32 Å². The zero-order valence-corrected chi connectivity index (χ0v) is 8.14. The SMILES string of the molecule is O=C1CC(c2ccc(F)cc2Cl)CN1. The maximum absolute atomic E-state index is 12.7. The van der Waals surface area contributed by atoms with Gasteiger partial charge >= 0.3 is 0 Å². The highest BCUT2D eigenvalue weighted by molar-refractivity contribution is 6.31. The second-order valence-corrected chi connectivity index (χ2v) is 3.78. The lowest BCUT2D eigenvalue weighted by molar-refractivity contribution is -0.119. The van der Waals surface area contributed by atoms with Crippen molar-refractivity contribution >= 4 is 17.5 Å². The minimum atomic E-state index is -0.351. The molecule has 0 aliphatic carbocycles. The van der Waals surface area contributed by atoms with Gasteiger partial charge in [-0.25, -0.2) is 4.39 Å². The summed E-state index contributed by atoms with van der Waals surface area (Å²) in [5, 5.41) is 3.11. The average Bonchev–Trinajstić information content (AvgIpc) is 2.51. The van der Waals surface area contributed by atoms with Crippen molar-refractivity contribution in [3.63, 3.8) is 0 Å². The molecule has 1 aromatic carbocycles. The molecule has 2 nitrogen and oxygen atoms in total. The van der Waals surface area contributed by atoms with Crippen molar-refractivity contribution in [3.8, 4) is 0 Å². The van der Waals surface area contributed by atoms with Gasteiger partial charge in [0.1, 0.15) is 5.82 Å². The molecule has 0 spiro atoms. The van der Waals surface area contributed by atoms with Crippen LogP contribution < -0.4 is 5.32 Å². The zero-order valence-electron chi connectivity index (χ0n) is 7.39. The maximum atomic E-state index is 12.7. The molecule has 1 amide bonds. The Labute approximate surface area is 86.1 Å². The van der Waals surface area contributed by atoms with Crippen LogP contribution in [0, 0.1) is 5.82 Å². The number of rotatable bonds is 1. The normalized spacial score (nSPS) is 21.0. The first kappa shape index (κ1) is 9.46. The number of hydrogen-bond acceptors (Lipinski definition) is 1. The second-order valence-electron chi connectivity index (χ2n) is 3.37. The molecule has 1 fully saturated rings. The Morgan fingerprint density at radius 2 is 2.29 bits per heavy atom. The van der Waals surface area contributed by atoms with Gasteiger partial charge in [0.15, 0.2) is 0 Å². The van der Waals surface area contributed by atoms with Crippen molar-refractivity contribution in [1.29, 1.82) is 0 Å². The van der Waals surface area contributed by atoms with Crippen LogP contribution in [0.3, 0.4) is 0 Å². The molecule has 0 bridgehead atoms. The molecule has 0 saturated carbocycles. The van der Waals surface area contributed by atoms with Gasteiger partial charge in [0.05, 0.1) is 0 Å². The second kappa shape index (κ2) is 3.58. The molecule has 74 valence electrons. The van der Waals surface area contributed by atoms with Crippen LogP contribution in [-0.2, 0) is 4.79 Å². The van der Waals surface area contributed by atoms with Gasteiger partial charge in [-0.3, -0.25) is 4.79 Å². The van der Waals surface area contributed by atoms with Crippen molar-refractivity contribution in [2.75, 3.05) is 6.54 Å². The minimum Gasteiger partial charge on any atom is -0.355 e. The molecular formula is C10H9ClFNO. The van der Waals surface area contributed by atoms with Gasteiger partial charge in [0.25, 0.3) is 0 Å². The van der Waals surface area contributed by atoms with Crippen LogP contribution in [0.4, 0.5) is 4.39 Å². The van der Waals surface area contributed by atoms with E-state index in [1.165, 1.54) is 12.1 Å². The smallest absolute Gasteiger partial charge is 0.220 e. The summed E-state index contributed by atoms with van der Waals surface area (Å²) in [6.45, 7) is 0.587. The molecule has 0 aromatic heterocycles. The quantitative estimate of drug-likeness (QED) is 0.761. The molecule has 1 N–H and O–H groups in total. The first-order chi connectivity index (χ1) is 6.66. The third-order valence-corrected chi connectivity index (χ3v) is 2.71. The van der Waals surface area contributed by atoms with E-state index in [9.17, 15) is 9.18 Å². The van der Waals surface area contributed by atoms with E-state index in [1.54, 1.807) is 6.07 Å². The topological polar surface area (TPSA) is 29.1 Å². The Morgan fingerprint density at radius 1 is 1.50 bits per heavy atom. The van der Waals surface area contributed by atoms with E-state index in [1.807, 2.05) is 0 Å². The van der Waals surface area contributed by atoms with E-state index in [4.69, 9.17) is 11.6 Å². The Kier molecular flexibility index (Phi) is 2.42. The Morgan fingerprint density at radius 3 is 2.86 bits per heavy atom. The number of nitrogens with one attached hydrogen (secondary N) is 1. The third-order valence-electron chi connectivity index (χ3n) is 2.38. The van der Waals surface area contributed by atoms with Gasteiger partial charge in [-0.05, 0) is 17.7 Å². The molecule has 1 heterocycles. The van der Waals surface area contributed by atoms with Gasteiger partial charge < -0.3 is 5.32 Å². The highest BCUT2D eigenvalue weighted by Gasteiger charge is 2.24. The molecule has 1 aromatic rings. The molecular weight excluding hydrogens is 205 g/mol. The summed E-state index contributed by atoms with van der Waals surface area (Å²) >= 11 is 5.88. The van der Waals surface area contributed by atoms with E-state index in [2.05, 4.69) is 5.32 Å². The van der Waals surface area contributed by atoms with Crippen molar-refractivity contribution < 1.29 is 9.18 Å². The Balaban J connectivity index is 2.28. The predicted molar refractivity (Wildman–Crippen MR) is 51.8 cm³/mol. The fourth-order valence-corrected chi connectivity index (χ4v) is 1.98. The molecule has 1 saturated heterocycles. The largest absolute Gasteiger partial charge is 0.355 e. The molecule has 1 atom stereocenters. The summed E-state index contributed by atoms with van der Waals surface area (Å²) in [4.78, 5) is 11.0. The lowest BCUT2D eigenvalue weighted by Crippen LogP contribution is -2.13. The van der Waals surface area contributed by atoms with Crippen molar-refractivity contribution in [2.45, 2.75) is 12.3 Å². The number of hydrogen-bond donors (Lipinski definition) is 1. The van der Waals surface area contributed by atoms with Crippen LogP contribution in [0.25, 0.3) is 0 Å². The summed E-state index contributed by atoms with van der Waals surface area (Å²) in [6, 6.07) is 4.28. The summed E-state index contributed by atoms with van der Waals surface area (Å²) in [5.74, 6) is -0.248. The van der Waals surface area contributed by atoms with Crippen LogP contribution in [0.5, 0.6) is 0 Å². The summed E-state index contributed by atoms with van der Waals surface area (Å²) in [6.07, 6.45) is 0.436. The van der Waals surface area contributed by atoms with E-state index < -0.39 is 0 Å². The third kappa shape index (κ3) is 1.73. The highest BCUT2D eigenvalue weighted by atomic mass is 35.5. The van der Waals surface area contributed by atoms with Gasteiger partial charge in [0, 0.05) is 23.9 Å². The predicted octanol–water partition coefficient (Wildman–Crippen LogP) is 2.08. The summed E-state index contributed by atoms with van der Waals surface area (Å²) < 4.78 is 12.7. The lowest BCUT2D eigenvalue weighted by atomic mass is 9.98. The fraction of sp³-hybridized carbons (Fsp3) is 0.300. The van der Waals surface area contributed by atoms with Crippen LogP contribution in [0.15, 0.2) is 18.2 Å². The molecule has 4 heteroatoms. The van der Waals surface area contributed by atoms with E-state index in [0.717, 1.165) is 5.56 Å². The van der Waals surface area contributed by atoms with Gasteiger partial charge in [0.2, 0.25) is 5.91 Å². The summed E-state index contributed by atoms with van der Waals surface area (Å²) in [7, 11) is 0. The Hall–Kier alpha value is -1.09. The standard InChI is InChI=1S/C10H9ClFNO/c11-9-4-7(12)1-2-8(9)6-3-10(14)13-5-6/h1-2,4,6H,3,5H2,(H,13,14). The maximum Gasteiger partial charge on any atom is 0.220 e. The van der Waals surface area contributed by atoms with Crippen LogP contribution in [0.2, 0.25) is 5.02 Å². The number of carbonyl (C=O) groups is 1. The molecule has 14 heavy (non-hydrogen) atoms. The number of amides is 1. The van der Waals surface area contributed by atoms with Crippen LogP contribution in [0.1, 0.15) is 17.9 Å². The van der Waals surface area contributed by atoms with Gasteiger partial charge in [-0.2, -0.15) is 0 Å². The average molecular weight is 214 g/mol. The summed E-state index contributed by atoms with van der Waals surface area (Å²) in [5.41, 5.74) is 0.839. The van der Waals surface area contributed by atoms with Gasteiger partial charge in [-0.15, -0.1) is 0 Å². The molecule has 2 rings (SSSR count). The van der Waals surface area contributed by atoms with Gasteiger partial charge in [-0.1, -0.05) is 17.7 Å². The molecule has 0 radical (unpaired) electrons. The highest BCUT2D eigenvalue weighted by Crippen LogP contribution is 2.29. The van der Waals surface area contributed by atoms with E-state index in [0.29, 0.717) is 18.0 Å². The monoisotopic (exact) mass is 213 g/mol. The number of benzene rings is 1. The van der Waals surface area contributed by atoms with Crippen LogP contribution >= 0.6 is 11.6 Å². The van der Waals surface area contributed by atoms with E-state index >= 15 is 0 Å². The van der Waals surface area contributed by atoms with Crippen molar-refractivity contribution in [3.05, 3.63) is 34.6 Å². The first-order valence-corrected chi connectivity index (χ1v) is 4.76. The lowest BCUT2D eigenvalue weighted by Gasteiger charge is -2.09. The zero-order chi connectivity index (χ0) is 10.1. The molecule has 1 aliphatic rings.